The second-order valence-electron chi connectivity index (χ2n) is 11.3. The lowest BCUT2D eigenvalue weighted by molar-refractivity contribution is -0.140. The van der Waals surface area contributed by atoms with Crippen molar-refractivity contribution in [1.82, 2.24) is 19.8 Å². The Balaban J connectivity index is 1.31. The van der Waals surface area contributed by atoms with Gasteiger partial charge in [-0.2, -0.15) is 13.2 Å². The van der Waals surface area contributed by atoms with Crippen molar-refractivity contribution in [3.8, 4) is 11.6 Å². The minimum Gasteiger partial charge on any atom is -0.471 e. The first-order chi connectivity index (χ1) is 21.4. The van der Waals surface area contributed by atoms with E-state index in [0.29, 0.717) is 36.8 Å². The van der Waals surface area contributed by atoms with E-state index in [9.17, 15) is 22.4 Å². The highest BCUT2D eigenvalue weighted by molar-refractivity contribution is 5.90. The van der Waals surface area contributed by atoms with Gasteiger partial charge in [0.1, 0.15) is 35.2 Å². The number of nitrogens with zero attached hydrogens (tertiary/aromatic N) is 4. The number of aryl methyl sites for hydroxylation is 1. The maximum atomic E-state index is 14.5. The summed E-state index contributed by atoms with van der Waals surface area (Å²) >= 11 is 0. The van der Waals surface area contributed by atoms with E-state index in [-0.39, 0.29) is 18.7 Å². The number of aromatic nitrogens is 2. The van der Waals surface area contributed by atoms with Crippen molar-refractivity contribution in [3.05, 3.63) is 70.6 Å². The number of aromatic amines is 1. The standard InChI is InChI=1S/C32H36F4N6O3/c1-6-27(24-13-18(2)39-29(24)37-4)44-22-8-7-20-9-12-42(19(3)23(20)15-22)31(43)40-21-14-25(32(34,35)36)30(38-16-21)45-28-10-11-41(5)17-26(28)33/h6-8,13-16,19,26,28,39H,4,9-12,17H2,1-3,5H3,(H,40,43)/b27-6+/t19-,26?,28?/m0/s1. The molecule has 5 rings (SSSR count). The van der Waals surface area contributed by atoms with Gasteiger partial charge in [0, 0.05) is 25.3 Å². The Morgan fingerprint density at radius 1 is 1.24 bits per heavy atom. The highest BCUT2D eigenvalue weighted by Crippen LogP contribution is 2.39. The third-order valence-corrected chi connectivity index (χ3v) is 8.12. The second-order valence-corrected chi connectivity index (χ2v) is 11.3. The van der Waals surface area contributed by atoms with Crippen LogP contribution in [0.15, 0.2) is 47.6 Å². The number of ether oxygens (including phenoxy) is 2. The monoisotopic (exact) mass is 628 g/mol. The summed E-state index contributed by atoms with van der Waals surface area (Å²) in [6.45, 7) is 10.1. The summed E-state index contributed by atoms with van der Waals surface area (Å²) in [4.78, 5) is 27.7. The third-order valence-electron chi connectivity index (χ3n) is 8.12. The van der Waals surface area contributed by atoms with Gasteiger partial charge in [0.25, 0.3) is 0 Å². The molecule has 4 heterocycles. The van der Waals surface area contributed by atoms with Gasteiger partial charge in [0.05, 0.1) is 23.5 Å². The lowest BCUT2D eigenvalue weighted by Gasteiger charge is -2.35. The largest absolute Gasteiger partial charge is 0.471 e. The summed E-state index contributed by atoms with van der Waals surface area (Å²) in [5.41, 5.74) is 2.22. The van der Waals surface area contributed by atoms with Crippen LogP contribution in [0, 0.1) is 6.92 Å². The number of hydrogen-bond donors (Lipinski definition) is 2. The van der Waals surface area contributed by atoms with Crippen LogP contribution in [-0.4, -0.2) is 71.5 Å². The van der Waals surface area contributed by atoms with Crippen molar-refractivity contribution in [2.75, 3.05) is 32.0 Å². The number of allylic oxidation sites excluding steroid dienone is 1. The van der Waals surface area contributed by atoms with Gasteiger partial charge in [-0.05, 0) is 88.8 Å². The highest BCUT2D eigenvalue weighted by atomic mass is 19.4. The van der Waals surface area contributed by atoms with Gasteiger partial charge < -0.3 is 29.6 Å². The Morgan fingerprint density at radius 2 is 2.02 bits per heavy atom. The van der Waals surface area contributed by atoms with Crippen LogP contribution in [0.25, 0.3) is 5.76 Å². The molecular formula is C32H36F4N6O3. The number of piperidine rings is 1. The molecule has 2 aliphatic rings. The Bertz CT molecular complexity index is 1600. The van der Waals surface area contributed by atoms with Crippen molar-refractivity contribution in [2.45, 2.75) is 58.1 Å². The van der Waals surface area contributed by atoms with Crippen LogP contribution in [0.5, 0.6) is 11.6 Å². The van der Waals surface area contributed by atoms with Gasteiger partial charge in [0.2, 0.25) is 5.88 Å². The van der Waals surface area contributed by atoms with E-state index < -0.39 is 42.0 Å². The number of likely N-dealkylation sites (tertiary alicyclic amines) is 1. The van der Waals surface area contributed by atoms with Crippen LogP contribution >= 0.6 is 0 Å². The number of carbonyl (C=O) groups is 1. The average molecular weight is 629 g/mol. The first-order valence-corrected chi connectivity index (χ1v) is 14.7. The van der Waals surface area contributed by atoms with Crippen LogP contribution in [-0.2, 0) is 12.6 Å². The molecule has 0 radical (unpaired) electrons. The molecule has 1 aromatic carbocycles. The van der Waals surface area contributed by atoms with Crippen LogP contribution in [0.3, 0.4) is 0 Å². The molecule has 13 heteroatoms. The number of anilines is 1. The summed E-state index contributed by atoms with van der Waals surface area (Å²) in [7, 11) is 1.73. The number of alkyl halides is 4. The molecular weight excluding hydrogens is 592 g/mol. The second kappa shape index (κ2) is 12.9. The van der Waals surface area contributed by atoms with E-state index in [2.05, 4.69) is 27.0 Å². The number of rotatable bonds is 7. The van der Waals surface area contributed by atoms with E-state index in [1.54, 1.807) is 16.8 Å². The smallest absolute Gasteiger partial charge is 0.421 e. The van der Waals surface area contributed by atoms with Gasteiger partial charge in [0.15, 0.2) is 0 Å². The zero-order valence-corrected chi connectivity index (χ0v) is 25.5. The number of benzene rings is 1. The molecule has 0 aliphatic carbocycles. The van der Waals surface area contributed by atoms with Crippen LogP contribution in [0.2, 0.25) is 0 Å². The Kier molecular flexibility index (Phi) is 9.19. The van der Waals surface area contributed by atoms with E-state index in [0.717, 1.165) is 34.6 Å². The van der Waals surface area contributed by atoms with Gasteiger partial charge in [-0.15, -0.1) is 0 Å². The quantitative estimate of drug-likeness (QED) is 0.166. The SMILES string of the molecule is C=Nc1[nH]c(C)cc1/C(=C\C)Oc1ccc2c(c1)[C@H](C)N(C(=O)Nc1cnc(OC3CCN(C)CC3F)c(C(F)(F)F)c1)CC2. The number of halogens is 4. The topological polar surface area (TPSA) is 95.1 Å². The van der Waals surface area contributed by atoms with Crippen molar-refractivity contribution in [2.24, 2.45) is 4.99 Å². The van der Waals surface area contributed by atoms with Gasteiger partial charge in [-0.1, -0.05) is 6.07 Å². The fraction of sp³-hybridized carbons (Fsp3) is 0.406. The predicted octanol–water partition coefficient (Wildman–Crippen LogP) is 7.08. The zero-order chi connectivity index (χ0) is 32.5. The Morgan fingerprint density at radius 3 is 2.71 bits per heavy atom. The van der Waals surface area contributed by atoms with Crippen LogP contribution < -0.4 is 14.8 Å². The minimum absolute atomic E-state index is 0.0573. The molecule has 2 amide bonds. The summed E-state index contributed by atoms with van der Waals surface area (Å²) in [6.07, 6.45) is -3.65. The van der Waals surface area contributed by atoms with Crippen LogP contribution in [0.1, 0.15) is 54.3 Å². The van der Waals surface area contributed by atoms with E-state index in [1.165, 1.54) is 0 Å². The molecule has 2 aliphatic heterocycles. The van der Waals surface area contributed by atoms with Crippen molar-refractivity contribution < 1.29 is 31.8 Å². The summed E-state index contributed by atoms with van der Waals surface area (Å²) in [5.74, 6) is 1.01. The molecule has 45 heavy (non-hydrogen) atoms. The molecule has 2 N–H and O–H groups in total. The Hall–Kier alpha value is -4.39. The number of pyridine rings is 1. The maximum absolute atomic E-state index is 14.5. The van der Waals surface area contributed by atoms with Crippen molar-refractivity contribution in [1.29, 1.82) is 0 Å². The highest BCUT2D eigenvalue weighted by Gasteiger charge is 2.39. The summed E-state index contributed by atoms with van der Waals surface area (Å²) in [5, 5.41) is 2.55. The predicted molar refractivity (Wildman–Crippen MR) is 164 cm³/mol. The first-order valence-electron chi connectivity index (χ1n) is 14.7. The summed E-state index contributed by atoms with van der Waals surface area (Å²) < 4.78 is 68.1. The fourth-order valence-corrected chi connectivity index (χ4v) is 5.74. The molecule has 0 saturated carbocycles. The average Bonchev–Trinajstić information content (AvgIpc) is 3.38. The molecule has 1 saturated heterocycles. The number of nitrogens with one attached hydrogen (secondary N) is 2. The van der Waals surface area contributed by atoms with Gasteiger partial charge >= 0.3 is 12.2 Å². The molecule has 0 bridgehead atoms. The molecule has 240 valence electrons. The number of amides is 2. The van der Waals surface area contributed by atoms with E-state index in [4.69, 9.17) is 9.47 Å². The third kappa shape index (κ3) is 6.98. The van der Waals surface area contributed by atoms with Gasteiger partial charge in [-0.25, -0.2) is 19.2 Å². The van der Waals surface area contributed by atoms with Crippen LogP contribution in [0.4, 0.5) is 33.9 Å². The van der Waals surface area contributed by atoms with E-state index in [1.807, 2.05) is 51.1 Å². The molecule has 3 aromatic rings. The fourth-order valence-electron chi connectivity index (χ4n) is 5.74. The normalized spacial score (nSPS) is 20.8. The zero-order valence-electron chi connectivity index (χ0n) is 25.5. The first kappa shape index (κ1) is 32.0. The molecule has 2 aromatic heterocycles. The molecule has 1 fully saturated rings. The number of H-pyrrole nitrogens is 1. The lowest BCUT2D eigenvalue weighted by atomic mass is 9.93. The van der Waals surface area contributed by atoms with Gasteiger partial charge in [-0.3, -0.25) is 0 Å². The van der Waals surface area contributed by atoms with Crippen molar-refractivity contribution in [3.63, 3.8) is 0 Å². The number of hydrogen-bond acceptors (Lipinski definition) is 6. The molecule has 2 unspecified atom stereocenters. The Labute approximate surface area is 258 Å². The van der Waals surface area contributed by atoms with E-state index >= 15 is 0 Å². The molecule has 9 nitrogen and oxygen atoms in total. The number of fused-ring (bicyclic) bond motifs is 1. The number of urea groups is 1. The maximum Gasteiger partial charge on any atom is 0.421 e. The molecule has 0 spiro atoms. The number of carbonyl (C=O) groups excluding carboxylic acids is 1. The minimum atomic E-state index is -4.83. The summed E-state index contributed by atoms with van der Waals surface area (Å²) in [6, 6.07) is 7.36. The number of aliphatic imine (C=N–C) groups is 1. The molecule has 3 atom stereocenters. The lowest BCUT2D eigenvalue weighted by Crippen LogP contribution is -2.45. The van der Waals surface area contributed by atoms with Crippen molar-refractivity contribution >= 4 is 30.0 Å².